The van der Waals surface area contributed by atoms with Crippen molar-refractivity contribution in [1.82, 2.24) is 0 Å². The van der Waals surface area contributed by atoms with Gasteiger partial charge in [0.25, 0.3) is 0 Å². The molecular formula is C9H15NO2. The van der Waals surface area contributed by atoms with E-state index in [4.69, 9.17) is 11.3 Å². The third kappa shape index (κ3) is 7.07. The number of hydrogen-bond donors (Lipinski definition) is 0. The Bertz CT molecular complexity index is 170. The summed E-state index contributed by atoms with van der Waals surface area (Å²) >= 11 is 0. The normalized spacial score (nSPS) is 9.50. The molecule has 0 bridgehead atoms. The fourth-order valence-corrected chi connectivity index (χ4v) is 0.782. The van der Waals surface area contributed by atoms with Gasteiger partial charge in [0.2, 0.25) is 6.54 Å². The molecule has 0 amide bonds. The molecule has 3 heteroatoms. The lowest BCUT2D eigenvalue weighted by molar-refractivity contribution is -0.147. The van der Waals surface area contributed by atoms with Gasteiger partial charge in [0.1, 0.15) is 0 Å². The number of rotatable bonds is 5. The molecular weight excluding hydrogens is 154 g/mol. The maximum Gasteiger partial charge on any atom is 0.306 e. The van der Waals surface area contributed by atoms with Gasteiger partial charge in [0.15, 0.2) is 0 Å². The van der Waals surface area contributed by atoms with Crippen LogP contribution in [-0.2, 0) is 9.53 Å². The van der Waals surface area contributed by atoms with Gasteiger partial charge in [-0.3, -0.25) is 4.79 Å². The molecule has 0 rings (SSSR count). The molecule has 0 spiro atoms. The Labute approximate surface area is 73.5 Å². The first-order valence-electron chi connectivity index (χ1n) is 4.19. The molecule has 3 nitrogen and oxygen atoms in total. The van der Waals surface area contributed by atoms with Crippen LogP contribution in [0.25, 0.3) is 4.85 Å². The van der Waals surface area contributed by atoms with Crippen molar-refractivity contribution in [1.29, 1.82) is 0 Å². The summed E-state index contributed by atoms with van der Waals surface area (Å²) in [6.07, 6.45) is 1.96. The molecule has 0 N–H and O–H groups in total. The van der Waals surface area contributed by atoms with Crippen molar-refractivity contribution in [3.8, 4) is 0 Å². The summed E-state index contributed by atoms with van der Waals surface area (Å²) in [6, 6.07) is 0. The quantitative estimate of drug-likeness (QED) is 0.358. The Morgan fingerprint density at radius 1 is 1.50 bits per heavy atom. The minimum atomic E-state index is -0.157. The summed E-state index contributed by atoms with van der Waals surface area (Å²) in [5.74, 6) is -0.157. The highest BCUT2D eigenvalue weighted by molar-refractivity contribution is 5.69. The highest BCUT2D eigenvalue weighted by Crippen LogP contribution is 2.00. The van der Waals surface area contributed by atoms with Crippen LogP contribution in [-0.4, -0.2) is 18.6 Å². The van der Waals surface area contributed by atoms with Crippen molar-refractivity contribution in [2.75, 3.05) is 6.54 Å². The maximum absolute atomic E-state index is 10.9. The summed E-state index contributed by atoms with van der Waals surface area (Å²) in [7, 11) is 0. The van der Waals surface area contributed by atoms with Crippen LogP contribution in [0.2, 0.25) is 0 Å². The van der Waals surface area contributed by atoms with E-state index in [0.29, 0.717) is 13.0 Å². The molecule has 0 saturated heterocycles. The van der Waals surface area contributed by atoms with Gasteiger partial charge >= 0.3 is 5.97 Å². The SMILES string of the molecule is [C-]#[N+]CCCCC(=O)OC(C)C. The van der Waals surface area contributed by atoms with Crippen molar-refractivity contribution in [2.45, 2.75) is 39.2 Å². The lowest BCUT2D eigenvalue weighted by atomic mass is 10.2. The molecule has 0 aromatic heterocycles. The van der Waals surface area contributed by atoms with E-state index in [1.54, 1.807) is 0 Å². The Morgan fingerprint density at radius 3 is 2.67 bits per heavy atom. The third-order valence-electron chi connectivity index (χ3n) is 1.27. The molecule has 0 radical (unpaired) electrons. The lowest BCUT2D eigenvalue weighted by Crippen LogP contribution is -2.10. The topological polar surface area (TPSA) is 30.7 Å². The second-order valence-corrected chi connectivity index (χ2v) is 2.88. The van der Waals surface area contributed by atoms with Crippen molar-refractivity contribution >= 4 is 5.97 Å². The summed E-state index contributed by atoms with van der Waals surface area (Å²) < 4.78 is 4.91. The monoisotopic (exact) mass is 169 g/mol. The summed E-state index contributed by atoms with van der Waals surface area (Å²) in [5, 5.41) is 0. The van der Waals surface area contributed by atoms with E-state index >= 15 is 0 Å². The first kappa shape index (κ1) is 11.0. The second kappa shape index (κ2) is 6.66. The number of unbranched alkanes of at least 4 members (excludes halogenated alkanes) is 1. The number of hydrogen-bond acceptors (Lipinski definition) is 2. The number of nitrogens with zero attached hydrogens (tertiary/aromatic N) is 1. The van der Waals surface area contributed by atoms with Crippen molar-refractivity contribution < 1.29 is 9.53 Å². The van der Waals surface area contributed by atoms with E-state index in [1.807, 2.05) is 13.8 Å². The van der Waals surface area contributed by atoms with E-state index < -0.39 is 0 Å². The molecule has 0 aliphatic carbocycles. The molecule has 0 aromatic carbocycles. The zero-order valence-corrected chi connectivity index (χ0v) is 7.67. The van der Waals surface area contributed by atoms with Gasteiger partial charge < -0.3 is 9.58 Å². The minimum absolute atomic E-state index is 0.0293. The smallest absolute Gasteiger partial charge is 0.306 e. The van der Waals surface area contributed by atoms with E-state index in [0.717, 1.165) is 12.8 Å². The van der Waals surface area contributed by atoms with Crippen molar-refractivity contribution in [3.05, 3.63) is 11.4 Å². The molecule has 0 heterocycles. The van der Waals surface area contributed by atoms with Crippen molar-refractivity contribution in [3.63, 3.8) is 0 Å². The van der Waals surface area contributed by atoms with Crippen LogP contribution in [0, 0.1) is 6.57 Å². The fourth-order valence-electron chi connectivity index (χ4n) is 0.782. The largest absolute Gasteiger partial charge is 0.463 e. The molecule has 0 aliphatic heterocycles. The zero-order chi connectivity index (χ0) is 9.40. The molecule has 0 atom stereocenters. The van der Waals surface area contributed by atoms with E-state index in [2.05, 4.69) is 4.85 Å². The average molecular weight is 169 g/mol. The number of carbonyl (C=O) groups is 1. The van der Waals surface area contributed by atoms with Gasteiger partial charge in [-0.05, 0) is 20.3 Å². The fraction of sp³-hybridized carbons (Fsp3) is 0.778. The average Bonchev–Trinajstić information content (AvgIpc) is 1.97. The predicted octanol–water partition coefficient (Wildman–Crippen LogP) is 2.03. The van der Waals surface area contributed by atoms with Gasteiger partial charge in [-0.15, -0.1) is 0 Å². The second-order valence-electron chi connectivity index (χ2n) is 2.88. The highest BCUT2D eigenvalue weighted by Gasteiger charge is 2.04. The molecule has 0 unspecified atom stereocenters. The molecule has 0 saturated carbocycles. The van der Waals surface area contributed by atoms with Gasteiger partial charge in [-0.25, -0.2) is 6.57 Å². The van der Waals surface area contributed by atoms with E-state index in [-0.39, 0.29) is 12.1 Å². The van der Waals surface area contributed by atoms with Gasteiger partial charge in [0, 0.05) is 12.8 Å². The maximum atomic E-state index is 10.9. The van der Waals surface area contributed by atoms with Crippen LogP contribution in [0.4, 0.5) is 0 Å². The number of esters is 1. The van der Waals surface area contributed by atoms with Crippen LogP contribution < -0.4 is 0 Å². The molecule has 0 aromatic rings. The Kier molecular flexibility index (Phi) is 6.08. The predicted molar refractivity (Wildman–Crippen MR) is 46.5 cm³/mol. The van der Waals surface area contributed by atoms with Crippen LogP contribution >= 0.6 is 0 Å². The summed E-state index contributed by atoms with van der Waals surface area (Å²) in [6.45, 7) is 10.7. The Morgan fingerprint density at radius 2 is 2.17 bits per heavy atom. The lowest BCUT2D eigenvalue weighted by Gasteiger charge is -2.06. The van der Waals surface area contributed by atoms with E-state index in [9.17, 15) is 4.79 Å². The van der Waals surface area contributed by atoms with Crippen LogP contribution in [0.5, 0.6) is 0 Å². The van der Waals surface area contributed by atoms with Gasteiger partial charge in [-0.1, -0.05) is 0 Å². The van der Waals surface area contributed by atoms with Gasteiger partial charge in [0.05, 0.1) is 6.10 Å². The van der Waals surface area contributed by atoms with Crippen molar-refractivity contribution in [2.24, 2.45) is 0 Å². The van der Waals surface area contributed by atoms with Gasteiger partial charge in [-0.2, -0.15) is 0 Å². The molecule has 68 valence electrons. The first-order valence-corrected chi connectivity index (χ1v) is 4.19. The third-order valence-corrected chi connectivity index (χ3v) is 1.27. The molecule has 0 aliphatic rings. The van der Waals surface area contributed by atoms with Crippen LogP contribution in [0.3, 0.4) is 0 Å². The summed E-state index contributed by atoms with van der Waals surface area (Å²) in [5.41, 5.74) is 0. The van der Waals surface area contributed by atoms with Crippen LogP contribution in [0.15, 0.2) is 0 Å². The number of ether oxygens (including phenoxy) is 1. The standard InChI is InChI=1S/C9H15NO2/c1-8(2)12-9(11)6-4-5-7-10-3/h8H,4-7H2,1-2H3. The number of carbonyl (C=O) groups excluding carboxylic acids is 1. The zero-order valence-electron chi connectivity index (χ0n) is 7.67. The Balaban J connectivity index is 3.27. The highest BCUT2D eigenvalue weighted by atomic mass is 16.5. The first-order chi connectivity index (χ1) is 5.66. The Hall–Kier alpha value is -1.04. The summed E-state index contributed by atoms with van der Waals surface area (Å²) in [4.78, 5) is 14.1. The molecule has 0 fully saturated rings. The molecule has 12 heavy (non-hydrogen) atoms. The van der Waals surface area contributed by atoms with E-state index in [1.165, 1.54) is 0 Å². The minimum Gasteiger partial charge on any atom is -0.463 e. The van der Waals surface area contributed by atoms with Crippen LogP contribution in [0.1, 0.15) is 33.1 Å².